The number of rotatable bonds is 7. The Morgan fingerprint density at radius 3 is 2.62 bits per heavy atom. The van der Waals surface area contributed by atoms with E-state index in [1.807, 2.05) is 25.1 Å². The molecule has 0 bridgehead atoms. The van der Waals surface area contributed by atoms with Crippen LogP contribution in [0, 0.1) is 6.92 Å². The van der Waals surface area contributed by atoms with Gasteiger partial charge in [0.15, 0.2) is 5.82 Å². The van der Waals surface area contributed by atoms with Crippen LogP contribution in [0.4, 0.5) is 5.82 Å². The maximum Gasteiger partial charge on any atom is 0.245 e. The molecule has 7 heteroatoms. The highest BCUT2D eigenvalue weighted by atomic mass is 35.5. The summed E-state index contributed by atoms with van der Waals surface area (Å²) in [7, 11) is 0. The molecule has 0 aliphatic carbocycles. The zero-order chi connectivity index (χ0) is 17.5. The molecule has 0 unspecified atom stereocenters. The number of hydrogen-bond donors (Lipinski definition) is 1. The number of hydrogen-bond acceptors (Lipinski definition) is 4. The van der Waals surface area contributed by atoms with E-state index < -0.39 is 5.38 Å². The van der Waals surface area contributed by atoms with Gasteiger partial charge in [0, 0.05) is 12.6 Å². The average molecular weight is 350 g/mol. The maximum atomic E-state index is 12.6. The molecule has 0 radical (unpaired) electrons. The molecule has 0 saturated heterocycles. The maximum absolute atomic E-state index is 12.6. The quantitative estimate of drug-likeness (QED) is 0.779. The Morgan fingerprint density at radius 1 is 1.33 bits per heavy atom. The van der Waals surface area contributed by atoms with Gasteiger partial charge < -0.3 is 14.7 Å². The van der Waals surface area contributed by atoms with E-state index in [0.29, 0.717) is 23.7 Å². The van der Waals surface area contributed by atoms with Crippen LogP contribution >= 0.6 is 11.6 Å². The third kappa shape index (κ3) is 4.83. The zero-order valence-electron chi connectivity index (χ0n) is 13.7. The number of anilines is 1. The van der Waals surface area contributed by atoms with Crippen LogP contribution in [0.5, 0.6) is 0 Å². The fraction of sp³-hybridized carbons (Fsp3) is 0.353. The van der Waals surface area contributed by atoms with Crippen molar-refractivity contribution in [3.05, 3.63) is 47.7 Å². The lowest BCUT2D eigenvalue weighted by atomic mass is 10.1. The van der Waals surface area contributed by atoms with E-state index >= 15 is 0 Å². The Morgan fingerprint density at radius 2 is 2.04 bits per heavy atom. The van der Waals surface area contributed by atoms with E-state index in [1.165, 1.54) is 4.90 Å². The topological polar surface area (TPSA) is 75.4 Å². The van der Waals surface area contributed by atoms with E-state index in [1.54, 1.807) is 25.1 Å². The van der Waals surface area contributed by atoms with Gasteiger partial charge in [0.2, 0.25) is 11.8 Å². The lowest BCUT2D eigenvalue weighted by Gasteiger charge is -2.24. The molecule has 24 heavy (non-hydrogen) atoms. The summed E-state index contributed by atoms with van der Waals surface area (Å²) in [6.07, 6.45) is 0.723. The Bertz CT molecular complexity index is 687. The smallest absolute Gasteiger partial charge is 0.245 e. The first-order valence-corrected chi connectivity index (χ1v) is 8.16. The molecule has 1 aromatic carbocycles. The van der Waals surface area contributed by atoms with E-state index in [0.717, 1.165) is 6.42 Å². The summed E-state index contributed by atoms with van der Waals surface area (Å²) in [4.78, 5) is 26.2. The van der Waals surface area contributed by atoms with Crippen molar-refractivity contribution in [3.63, 3.8) is 0 Å². The predicted octanol–water partition coefficient (Wildman–Crippen LogP) is 3.14. The molecule has 1 heterocycles. The van der Waals surface area contributed by atoms with Crippen molar-refractivity contribution in [1.29, 1.82) is 0 Å². The Hall–Kier alpha value is -2.34. The number of aromatic nitrogens is 1. The van der Waals surface area contributed by atoms with Crippen molar-refractivity contribution < 1.29 is 14.1 Å². The van der Waals surface area contributed by atoms with Crippen molar-refractivity contribution >= 4 is 29.2 Å². The van der Waals surface area contributed by atoms with E-state index in [2.05, 4.69) is 10.5 Å². The molecule has 6 nitrogen and oxygen atoms in total. The van der Waals surface area contributed by atoms with Crippen molar-refractivity contribution in [3.8, 4) is 0 Å². The molecule has 2 amide bonds. The molecule has 1 atom stereocenters. The lowest BCUT2D eigenvalue weighted by molar-refractivity contribution is -0.134. The summed E-state index contributed by atoms with van der Waals surface area (Å²) in [5.74, 6) is 0.279. The summed E-state index contributed by atoms with van der Waals surface area (Å²) in [5, 5.41) is 5.48. The Labute approximate surface area is 145 Å². The summed E-state index contributed by atoms with van der Waals surface area (Å²) >= 11 is 6.28. The van der Waals surface area contributed by atoms with Crippen molar-refractivity contribution in [1.82, 2.24) is 10.1 Å². The lowest BCUT2D eigenvalue weighted by Crippen LogP contribution is -2.40. The van der Waals surface area contributed by atoms with Gasteiger partial charge in [-0.05, 0) is 18.9 Å². The number of nitrogens with one attached hydrogen (secondary N) is 1. The zero-order valence-corrected chi connectivity index (χ0v) is 14.4. The van der Waals surface area contributed by atoms with Gasteiger partial charge in [-0.3, -0.25) is 9.59 Å². The number of alkyl halides is 1. The summed E-state index contributed by atoms with van der Waals surface area (Å²) in [6, 6.07) is 10.7. The minimum Gasteiger partial charge on any atom is -0.360 e. The summed E-state index contributed by atoms with van der Waals surface area (Å²) in [5.41, 5.74) is 0.706. The van der Waals surface area contributed by atoms with Gasteiger partial charge in [-0.25, -0.2) is 0 Å². The minimum absolute atomic E-state index is 0.0887. The molecule has 128 valence electrons. The Kier molecular flexibility index (Phi) is 6.37. The highest BCUT2D eigenvalue weighted by Crippen LogP contribution is 2.23. The standard InChI is InChI=1S/C17H20ClN3O3/c1-3-9-21(11-15(22)19-14-10-12(2)24-20-14)17(23)16(18)13-7-5-4-6-8-13/h4-8,10,16H,3,9,11H2,1-2H3,(H,19,20,22)/t16-/m0/s1. The minimum atomic E-state index is -0.820. The van der Waals surface area contributed by atoms with Crippen molar-refractivity contribution in [2.24, 2.45) is 0 Å². The van der Waals surface area contributed by atoms with E-state index in [4.69, 9.17) is 16.1 Å². The van der Waals surface area contributed by atoms with E-state index in [9.17, 15) is 9.59 Å². The van der Waals surface area contributed by atoms with Crippen LogP contribution in [0.3, 0.4) is 0 Å². The van der Waals surface area contributed by atoms with Crippen LogP contribution in [-0.4, -0.2) is 35.0 Å². The van der Waals surface area contributed by atoms with Crippen molar-refractivity contribution in [2.75, 3.05) is 18.4 Å². The van der Waals surface area contributed by atoms with Crippen LogP contribution < -0.4 is 5.32 Å². The van der Waals surface area contributed by atoms with Gasteiger partial charge >= 0.3 is 0 Å². The van der Waals surface area contributed by atoms with Crippen LogP contribution in [0.15, 0.2) is 40.9 Å². The fourth-order valence-electron chi connectivity index (χ4n) is 2.24. The molecule has 0 spiro atoms. The molecular formula is C17H20ClN3O3. The molecule has 1 N–H and O–H groups in total. The van der Waals surface area contributed by atoms with Crippen LogP contribution in [-0.2, 0) is 9.59 Å². The number of aryl methyl sites for hydroxylation is 1. The van der Waals surface area contributed by atoms with E-state index in [-0.39, 0.29) is 18.4 Å². The molecule has 2 rings (SSSR count). The van der Waals surface area contributed by atoms with Gasteiger partial charge in [0.05, 0.1) is 6.54 Å². The molecule has 1 aromatic heterocycles. The normalized spacial score (nSPS) is 11.8. The highest BCUT2D eigenvalue weighted by molar-refractivity contribution is 6.30. The number of carbonyl (C=O) groups is 2. The second-order valence-corrected chi connectivity index (χ2v) is 5.84. The Balaban J connectivity index is 2.02. The van der Waals surface area contributed by atoms with Gasteiger partial charge in [-0.1, -0.05) is 42.4 Å². The summed E-state index contributed by atoms with van der Waals surface area (Å²) < 4.78 is 4.90. The SMILES string of the molecule is CCCN(CC(=O)Nc1cc(C)on1)C(=O)[C@@H](Cl)c1ccccc1. The highest BCUT2D eigenvalue weighted by Gasteiger charge is 2.25. The first-order chi connectivity index (χ1) is 11.5. The first kappa shape index (κ1) is 18.0. The predicted molar refractivity (Wildman–Crippen MR) is 91.8 cm³/mol. The molecule has 2 aromatic rings. The van der Waals surface area contributed by atoms with Crippen LogP contribution in [0.2, 0.25) is 0 Å². The van der Waals surface area contributed by atoms with Gasteiger partial charge in [-0.2, -0.15) is 0 Å². The molecule has 0 aliphatic rings. The van der Waals surface area contributed by atoms with Crippen LogP contribution in [0.25, 0.3) is 0 Å². The van der Waals surface area contributed by atoms with Gasteiger partial charge in [0.25, 0.3) is 0 Å². The average Bonchev–Trinajstić information content (AvgIpc) is 2.98. The van der Waals surface area contributed by atoms with Gasteiger partial charge in [-0.15, -0.1) is 11.6 Å². The number of amides is 2. The van der Waals surface area contributed by atoms with Crippen LogP contribution in [0.1, 0.15) is 30.0 Å². The van der Waals surface area contributed by atoms with Gasteiger partial charge in [0.1, 0.15) is 11.1 Å². The number of benzene rings is 1. The molecule has 0 saturated carbocycles. The third-order valence-corrected chi connectivity index (χ3v) is 3.78. The monoisotopic (exact) mass is 349 g/mol. The van der Waals surface area contributed by atoms with Crippen molar-refractivity contribution in [2.45, 2.75) is 25.6 Å². The molecular weight excluding hydrogens is 330 g/mol. The fourth-order valence-corrected chi connectivity index (χ4v) is 2.53. The second kappa shape index (κ2) is 8.49. The third-order valence-electron chi connectivity index (χ3n) is 3.34. The number of nitrogens with zero attached hydrogens (tertiary/aromatic N) is 2. The number of halogens is 1. The number of carbonyl (C=O) groups excluding carboxylic acids is 2. The largest absolute Gasteiger partial charge is 0.360 e. The summed E-state index contributed by atoms with van der Waals surface area (Å²) in [6.45, 7) is 4.02. The molecule has 0 fully saturated rings. The molecule has 0 aliphatic heterocycles. The second-order valence-electron chi connectivity index (χ2n) is 5.40. The first-order valence-electron chi connectivity index (χ1n) is 7.72.